The number of aromatic nitrogens is 1. The third-order valence-electron chi connectivity index (χ3n) is 4.27. The summed E-state index contributed by atoms with van der Waals surface area (Å²) >= 11 is 7.35. The standard InChI is InChI=1S/C21H17ClN4O5S/c1-12-8-18(25-31-12)24-19(27)11-32-21-23-16(10-14-4-3-7-30-14)20(28)26(21)13-5-6-17(29-2)15(22)9-13/h3-10H,11H2,1-2H3,(H,24,25,27)/b16-10+. The van der Waals surface area contributed by atoms with Crippen LogP contribution in [0.2, 0.25) is 5.02 Å². The molecule has 164 valence electrons. The lowest BCUT2D eigenvalue weighted by Gasteiger charge is -2.18. The average Bonchev–Trinajstić information content (AvgIpc) is 3.49. The predicted molar refractivity (Wildman–Crippen MR) is 122 cm³/mol. The van der Waals surface area contributed by atoms with Crippen molar-refractivity contribution in [2.24, 2.45) is 4.99 Å². The molecule has 4 rings (SSSR count). The maximum Gasteiger partial charge on any atom is 0.283 e. The van der Waals surface area contributed by atoms with Crippen LogP contribution in [0.25, 0.3) is 6.08 Å². The molecule has 0 fully saturated rings. The molecule has 2 aromatic heterocycles. The van der Waals surface area contributed by atoms with Gasteiger partial charge in [0.15, 0.2) is 11.0 Å². The molecule has 0 unspecified atom stereocenters. The predicted octanol–water partition coefficient (Wildman–Crippen LogP) is 4.35. The van der Waals surface area contributed by atoms with Crippen LogP contribution >= 0.6 is 23.4 Å². The van der Waals surface area contributed by atoms with Crippen LogP contribution in [0.3, 0.4) is 0 Å². The van der Waals surface area contributed by atoms with Gasteiger partial charge in [0.2, 0.25) is 5.91 Å². The number of hydrogen-bond acceptors (Lipinski definition) is 8. The van der Waals surface area contributed by atoms with Crippen molar-refractivity contribution in [3.63, 3.8) is 0 Å². The van der Waals surface area contributed by atoms with Crippen LogP contribution in [-0.4, -0.2) is 35.0 Å². The van der Waals surface area contributed by atoms with E-state index in [-0.39, 0.29) is 23.3 Å². The van der Waals surface area contributed by atoms with E-state index in [1.165, 1.54) is 24.3 Å². The first-order valence-corrected chi connectivity index (χ1v) is 10.7. The van der Waals surface area contributed by atoms with Gasteiger partial charge in [-0.3, -0.25) is 14.5 Å². The molecule has 1 N–H and O–H groups in total. The summed E-state index contributed by atoms with van der Waals surface area (Å²) in [5, 5.41) is 7.02. The van der Waals surface area contributed by atoms with Gasteiger partial charge in [-0.25, -0.2) is 4.99 Å². The number of furan rings is 1. The van der Waals surface area contributed by atoms with E-state index in [0.29, 0.717) is 39.0 Å². The van der Waals surface area contributed by atoms with Gasteiger partial charge in [0.1, 0.15) is 23.0 Å². The first kappa shape index (κ1) is 21.7. The molecule has 1 aromatic carbocycles. The topological polar surface area (TPSA) is 110 Å². The first-order chi connectivity index (χ1) is 15.4. The van der Waals surface area contributed by atoms with Crippen LogP contribution in [0, 0.1) is 6.92 Å². The quantitative estimate of drug-likeness (QED) is 0.531. The minimum Gasteiger partial charge on any atom is -0.495 e. The van der Waals surface area contributed by atoms with Crippen LogP contribution in [0.4, 0.5) is 11.5 Å². The number of ether oxygens (including phenoxy) is 1. The van der Waals surface area contributed by atoms with Crippen molar-refractivity contribution in [3.8, 4) is 5.75 Å². The molecular formula is C21H17ClN4O5S. The summed E-state index contributed by atoms with van der Waals surface area (Å²) in [6.45, 7) is 1.72. The van der Waals surface area contributed by atoms with E-state index in [1.807, 2.05) is 0 Å². The molecule has 1 aliphatic rings. The van der Waals surface area contributed by atoms with Gasteiger partial charge in [0.25, 0.3) is 5.91 Å². The molecule has 0 spiro atoms. The highest BCUT2D eigenvalue weighted by Crippen LogP contribution is 2.34. The largest absolute Gasteiger partial charge is 0.495 e. The van der Waals surface area contributed by atoms with Crippen molar-refractivity contribution >= 4 is 57.9 Å². The number of carbonyl (C=O) groups excluding carboxylic acids is 2. The third kappa shape index (κ3) is 4.71. The van der Waals surface area contributed by atoms with Gasteiger partial charge in [0, 0.05) is 12.1 Å². The van der Waals surface area contributed by atoms with E-state index in [1.54, 1.807) is 43.3 Å². The maximum atomic E-state index is 13.1. The normalized spacial score (nSPS) is 14.7. The number of amidine groups is 1. The number of aryl methyl sites for hydroxylation is 1. The molecule has 0 radical (unpaired) electrons. The SMILES string of the molecule is COc1ccc(N2C(=O)/C(=C\c3ccco3)N=C2SCC(=O)Nc2cc(C)on2)cc1Cl. The number of thioether (sulfide) groups is 1. The lowest BCUT2D eigenvalue weighted by atomic mass is 10.2. The summed E-state index contributed by atoms with van der Waals surface area (Å²) in [5.41, 5.74) is 0.657. The zero-order valence-electron chi connectivity index (χ0n) is 17.0. The number of aliphatic imine (C=N–C) groups is 1. The van der Waals surface area contributed by atoms with Crippen molar-refractivity contribution in [2.75, 3.05) is 23.1 Å². The van der Waals surface area contributed by atoms with E-state index < -0.39 is 0 Å². The van der Waals surface area contributed by atoms with Crippen molar-refractivity contribution < 1.29 is 23.3 Å². The van der Waals surface area contributed by atoms with E-state index in [4.69, 9.17) is 25.3 Å². The van der Waals surface area contributed by atoms with Gasteiger partial charge in [-0.05, 0) is 37.3 Å². The number of carbonyl (C=O) groups is 2. The van der Waals surface area contributed by atoms with Crippen LogP contribution in [0.5, 0.6) is 5.75 Å². The van der Waals surface area contributed by atoms with Crippen LogP contribution in [-0.2, 0) is 9.59 Å². The lowest BCUT2D eigenvalue weighted by molar-refractivity contribution is -0.114. The van der Waals surface area contributed by atoms with Gasteiger partial charge in [-0.2, -0.15) is 0 Å². The van der Waals surface area contributed by atoms with Crippen LogP contribution in [0.15, 0.2) is 62.3 Å². The highest BCUT2D eigenvalue weighted by molar-refractivity contribution is 8.14. The van der Waals surface area contributed by atoms with Crippen LogP contribution in [0.1, 0.15) is 11.5 Å². The van der Waals surface area contributed by atoms with E-state index >= 15 is 0 Å². The summed E-state index contributed by atoms with van der Waals surface area (Å²) in [7, 11) is 1.50. The summed E-state index contributed by atoms with van der Waals surface area (Å²) in [6.07, 6.45) is 3.04. The van der Waals surface area contributed by atoms with Crippen LogP contribution < -0.4 is 15.0 Å². The monoisotopic (exact) mass is 472 g/mol. The highest BCUT2D eigenvalue weighted by atomic mass is 35.5. The smallest absolute Gasteiger partial charge is 0.283 e. The molecule has 0 saturated carbocycles. The molecule has 0 saturated heterocycles. The summed E-state index contributed by atoms with van der Waals surface area (Å²) < 4.78 is 15.4. The Hall–Kier alpha value is -3.50. The number of benzene rings is 1. The van der Waals surface area contributed by atoms with Gasteiger partial charge in [-0.1, -0.05) is 28.5 Å². The maximum absolute atomic E-state index is 13.1. The number of hydrogen-bond donors (Lipinski definition) is 1. The van der Waals surface area contributed by atoms with Gasteiger partial charge < -0.3 is 19.0 Å². The molecule has 0 atom stereocenters. The second kappa shape index (κ2) is 9.33. The Morgan fingerprint density at radius 3 is 2.84 bits per heavy atom. The van der Waals surface area contributed by atoms with Gasteiger partial charge >= 0.3 is 0 Å². The van der Waals surface area contributed by atoms with Gasteiger partial charge in [0.05, 0.1) is 29.8 Å². The highest BCUT2D eigenvalue weighted by Gasteiger charge is 2.33. The van der Waals surface area contributed by atoms with Crippen molar-refractivity contribution in [1.82, 2.24) is 5.16 Å². The molecule has 11 heteroatoms. The fraction of sp³-hybridized carbons (Fsp3) is 0.143. The number of nitrogens with zero attached hydrogens (tertiary/aromatic N) is 3. The number of rotatable bonds is 6. The number of anilines is 2. The summed E-state index contributed by atoms with van der Waals surface area (Å²) in [5.74, 6) is 1.14. The Kier molecular flexibility index (Phi) is 6.33. The molecule has 9 nitrogen and oxygen atoms in total. The molecule has 3 aromatic rings. The molecule has 0 aliphatic carbocycles. The molecular weight excluding hydrogens is 456 g/mol. The molecule has 2 amide bonds. The number of methoxy groups -OCH3 is 1. The van der Waals surface area contributed by atoms with Crippen molar-refractivity contribution in [3.05, 3.63) is 64.9 Å². The minimum absolute atomic E-state index is 0.00750. The Balaban J connectivity index is 1.58. The Bertz CT molecular complexity index is 1220. The fourth-order valence-corrected chi connectivity index (χ4v) is 3.92. The van der Waals surface area contributed by atoms with Crippen molar-refractivity contribution in [2.45, 2.75) is 6.92 Å². The van der Waals surface area contributed by atoms with Gasteiger partial charge in [-0.15, -0.1) is 0 Å². The Labute approximate surface area is 192 Å². The second-order valence-corrected chi connectivity index (χ2v) is 7.91. The van der Waals surface area contributed by atoms with E-state index in [9.17, 15) is 9.59 Å². The molecule has 1 aliphatic heterocycles. The Morgan fingerprint density at radius 2 is 2.19 bits per heavy atom. The lowest BCUT2D eigenvalue weighted by Crippen LogP contribution is -2.31. The number of halogens is 1. The molecule has 0 bridgehead atoms. The third-order valence-corrected chi connectivity index (χ3v) is 5.51. The zero-order chi connectivity index (χ0) is 22.7. The fourth-order valence-electron chi connectivity index (χ4n) is 2.86. The second-order valence-electron chi connectivity index (χ2n) is 6.56. The van der Waals surface area contributed by atoms with E-state index in [2.05, 4.69) is 15.5 Å². The number of amides is 2. The average molecular weight is 473 g/mol. The summed E-state index contributed by atoms with van der Waals surface area (Å²) in [6, 6.07) is 9.97. The Morgan fingerprint density at radius 1 is 1.34 bits per heavy atom. The first-order valence-electron chi connectivity index (χ1n) is 9.32. The van der Waals surface area contributed by atoms with Crippen molar-refractivity contribution in [1.29, 1.82) is 0 Å². The zero-order valence-corrected chi connectivity index (χ0v) is 18.6. The molecule has 3 heterocycles. The van der Waals surface area contributed by atoms with E-state index in [0.717, 1.165) is 11.8 Å². The molecule has 32 heavy (non-hydrogen) atoms. The minimum atomic E-state index is -0.377. The number of nitrogens with one attached hydrogen (secondary N) is 1. The summed E-state index contributed by atoms with van der Waals surface area (Å²) in [4.78, 5) is 31.3.